The Hall–Kier alpha value is -1.96. The van der Waals surface area contributed by atoms with Crippen LogP contribution in [0.1, 0.15) is 29.8 Å². The number of carbonyl (C=O) groups excluding carboxylic acids is 1. The molecule has 0 aromatic heterocycles. The molecule has 26 heavy (non-hydrogen) atoms. The van der Waals surface area contributed by atoms with Crippen LogP contribution in [0.5, 0.6) is 0 Å². The summed E-state index contributed by atoms with van der Waals surface area (Å²) in [5.74, 6) is -1.10. The van der Waals surface area contributed by atoms with Crippen molar-refractivity contribution in [1.29, 1.82) is 0 Å². The quantitative estimate of drug-likeness (QED) is 0.797. The van der Waals surface area contributed by atoms with Gasteiger partial charge in [0.2, 0.25) is 10.0 Å². The van der Waals surface area contributed by atoms with E-state index in [-0.39, 0.29) is 15.5 Å². The molecule has 0 radical (unpaired) electrons. The standard InChI is InChI=1S/C18H20ClFN2O3S/c1-4-22(5-2)26(24,25)17-11-14(8-6-12(17)3)21-18(23)15-9-7-13(20)10-16(15)19/h6-11H,4-5H2,1-3H3,(H,21,23). The molecule has 140 valence electrons. The molecule has 1 N–H and O–H groups in total. The number of sulfonamides is 1. The van der Waals surface area contributed by atoms with E-state index in [9.17, 15) is 17.6 Å². The molecule has 0 aliphatic heterocycles. The van der Waals surface area contributed by atoms with E-state index in [0.29, 0.717) is 24.3 Å². The van der Waals surface area contributed by atoms with Crippen LogP contribution in [0.2, 0.25) is 5.02 Å². The zero-order chi connectivity index (χ0) is 19.5. The summed E-state index contributed by atoms with van der Waals surface area (Å²) in [6.45, 7) is 5.91. The maximum absolute atomic E-state index is 13.1. The van der Waals surface area contributed by atoms with Crippen molar-refractivity contribution in [1.82, 2.24) is 4.31 Å². The molecule has 2 rings (SSSR count). The molecule has 0 aliphatic carbocycles. The fourth-order valence-corrected chi connectivity index (χ4v) is 4.49. The van der Waals surface area contributed by atoms with E-state index < -0.39 is 21.7 Å². The number of aryl methyl sites for hydroxylation is 1. The molecule has 1 amide bonds. The number of nitrogens with one attached hydrogen (secondary N) is 1. The normalized spacial score (nSPS) is 11.6. The topological polar surface area (TPSA) is 66.5 Å². The highest BCUT2D eigenvalue weighted by Crippen LogP contribution is 2.25. The van der Waals surface area contributed by atoms with Crippen LogP contribution < -0.4 is 5.32 Å². The summed E-state index contributed by atoms with van der Waals surface area (Å²) in [4.78, 5) is 12.5. The van der Waals surface area contributed by atoms with Crippen LogP contribution in [0.4, 0.5) is 10.1 Å². The van der Waals surface area contributed by atoms with Crippen molar-refractivity contribution < 1.29 is 17.6 Å². The zero-order valence-corrected chi connectivity index (χ0v) is 16.3. The Morgan fingerprint density at radius 3 is 2.38 bits per heavy atom. The molecule has 2 aromatic rings. The first kappa shape index (κ1) is 20.4. The minimum atomic E-state index is -3.66. The first-order valence-electron chi connectivity index (χ1n) is 8.07. The monoisotopic (exact) mass is 398 g/mol. The second kappa shape index (κ2) is 8.16. The van der Waals surface area contributed by atoms with Crippen molar-refractivity contribution in [2.24, 2.45) is 0 Å². The largest absolute Gasteiger partial charge is 0.322 e. The molecule has 0 heterocycles. The van der Waals surface area contributed by atoms with E-state index in [1.807, 2.05) is 0 Å². The van der Waals surface area contributed by atoms with Crippen LogP contribution in [0.25, 0.3) is 0 Å². The van der Waals surface area contributed by atoms with Gasteiger partial charge in [-0.2, -0.15) is 4.31 Å². The summed E-state index contributed by atoms with van der Waals surface area (Å²) < 4.78 is 40.0. The van der Waals surface area contributed by atoms with E-state index in [0.717, 1.165) is 12.1 Å². The molecular formula is C18H20ClFN2O3S. The highest BCUT2D eigenvalue weighted by molar-refractivity contribution is 7.89. The SMILES string of the molecule is CCN(CC)S(=O)(=O)c1cc(NC(=O)c2ccc(F)cc2Cl)ccc1C. The van der Waals surface area contributed by atoms with Crippen LogP contribution in [0.3, 0.4) is 0 Å². The molecular weight excluding hydrogens is 379 g/mol. The van der Waals surface area contributed by atoms with Crippen molar-refractivity contribution >= 4 is 33.2 Å². The predicted octanol–water partition coefficient (Wildman–Crippen LogP) is 4.07. The van der Waals surface area contributed by atoms with E-state index in [2.05, 4.69) is 5.32 Å². The fraction of sp³-hybridized carbons (Fsp3) is 0.278. The summed E-state index contributed by atoms with van der Waals surface area (Å²) in [6.07, 6.45) is 0. The third kappa shape index (κ3) is 4.23. The van der Waals surface area contributed by atoms with Crippen LogP contribution >= 0.6 is 11.6 Å². The molecule has 0 saturated carbocycles. The molecule has 0 atom stereocenters. The summed E-state index contributed by atoms with van der Waals surface area (Å²) >= 11 is 5.90. The second-order valence-corrected chi connectivity index (χ2v) is 7.96. The van der Waals surface area contributed by atoms with Crippen LogP contribution in [-0.4, -0.2) is 31.7 Å². The minimum Gasteiger partial charge on any atom is -0.322 e. The lowest BCUT2D eigenvalue weighted by molar-refractivity contribution is 0.102. The number of halogens is 2. The molecule has 5 nitrogen and oxygen atoms in total. The maximum Gasteiger partial charge on any atom is 0.257 e. The molecule has 0 bridgehead atoms. The van der Waals surface area contributed by atoms with Gasteiger partial charge in [0.1, 0.15) is 5.82 Å². The molecule has 0 spiro atoms. The van der Waals surface area contributed by atoms with Gasteiger partial charge in [0.25, 0.3) is 5.91 Å². The third-order valence-corrected chi connectivity index (χ3v) is 6.45. The Balaban J connectivity index is 2.36. The number of carbonyl (C=O) groups is 1. The van der Waals surface area contributed by atoms with E-state index in [1.54, 1.807) is 32.9 Å². The average Bonchev–Trinajstić information content (AvgIpc) is 2.57. The molecule has 2 aromatic carbocycles. The van der Waals surface area contributed by atoms with Gasteiger partial charge in [-0.15, -0.1) is 0 Å². The molecule has 0 saturated heterocycles. The zero-order valence-electron chi connectivity index (χ0n) is 14.7. The summed E-state index contributed by atoms with van der Waals surface area (Å²) in [5.41, 5.74) is 0.989. The van der Waals surface area contributed by atoms with E-state index in [4.69, 9.17) is 11.6 Å². The number of hydrogen-bond acceptors (Lipinski definition) is 3. The number of hydrogen-bond donors (Lipinski definition) is 1. The first-order chi connectivity index (χ1) is 12.2. The lowest BCUT2D eigenvalue weighted by atomic mass is 10.2. The van der Waals surface area contributed by atoms with Gasteiger partial charge >= 0.3 is 0 Å². The fourth-order valence-electron chi connectivity index (χ4n) is 2.53. The van der Waals surface area contributed by atoms with Gasteiger partial charge in [0.15, 0.2) is 0 Å². The van der Waals surface area contributed by atoms with Crippen molar-refractivity contribution in [3.63, 3.8) is 0 Å². The van der Waals surface area contributed by atoms with Crippen LogP contribution in [0, 0.1) is 12.7 Å². The van der Waals surface area contributed by atoms with Crippen molar-refractivity contribution in [3.05, 3.63) is 58.4 Å². The number of benzene rings is 2. The molecule has 0 aliphatic rings. The lowest BCUT2D eigenvalue weighted by Gasteiger charge is -2.20. The van der Waals surface area contributed by atoms with E-state index in [1.165, 1.54) is 16.4 Å². The van der Waals surface area contributed by atoms with Gasteiger partial charge in [-0.3, -0.25) is 4.79 Å². The first-order valence-corrected chi connectivity index (χ1v) is 9.89. The van der Waals surface area contributed by atoms with Gasteiger partial charge < -0.3 is 5.32 Å². The lowest BCUT2D eigenvalue weighted by Crippen LogP contribution is -2.31. The van der Waals surface area contributed by atoms with Gasteiger partial charge in [-0.25, -0.2) is 12.8 Å². The van der Waals surface area contributed by atoms with Crippen LogP contribution in [0.15, 0.2) is 41.3 Å². The van der Waals surface area contributed by atoms with Gasteiger partial charge in [-0.05, 0) is 42.8 Å². The Morgan fingerprint density at radius 1 is 1.15 bits per heavy atom. The van der Waals surface area contributed by atoms with Gasteiger partial charge in [-0.1, -0.05) is 31.5 Å². The van der Waals surface area contributed by atoms with Crippen molar-refractivity contribution in [2.45, 2.75) is 25.7 Å². The Bertz CT molecular complexity index is 928. The third-order valence-electron chi connectivity index (χ3n) is 3.95. The molecule has 0 fully saturated rings. The van der Waals surface area contributed by atoms with Crippen LogP contribution in [-0.2, 0) is 10.0 Å². The second-order valence-electron chi connectivity index (χ2n) is 5.65. The van der Waals surface area contributed by atoms with E-state index >= 15 is 0 Å². The Labute approximate surface area is 157 Å². The number of anilines is 1. The smallest absolute Gasteiger partial charge is 0.257 e. The van der Waals surface area contributed by atoms with Gasteiger partial charge in [0.05, 0.1) is 15.5 Å². The van der Waals surface area contributed by atoms with Gasteiger partial charge in [0, 0.05) is 18.8 Å². The number of nitrogens with zero attached hydrogens (tertiary/aromatic N) is 1. The highest BCUT2D eigenvalue weighted by atomic mass is 35.5. The summed E-state index contributed by atoms with van der Waals surface area (Å²) in [7, 11) is -3.66. The van der Waals surface area contributed by atoms with Crippen molar-refractivity contribution in [3.8, 4) is 0 Å². The summed E-state index contributed by atoms with van der Waals surface area (Å²) in [5, 5.41) is 2.58. The highest BCUT2D eigenvalue weighted by Gasteiger charge is 2.24. The molecule has 0 unspecified atom stereocenters. The van der Waals surface area contributed by atoms with Crippen molar-refractivity contribution in [2.75, 3.05) is 18.4 Å². The molecule has 8 heteroatoms. The predicted molar refractivity (Wildman–Crippen MR) is 101 cm³/mol. The Kier molecular flexibility index (Phi) is 6.39. The Morgan fingerprint density at radius 2 is 1.81 bits per heavy atom. The maximum atomic E-state index is 13.1. The number of rotatable bonds is 6. The number of amides is 1. The average molecular weight is 399 g/mol. The minimum absolute atomic E-state index is 0.0226. The summed E-state index contributed by atoms with van der Waals surface area (Å²) in [6, 6.07) is 8.09.